The first-order valence-corrected chi connectivity index (χ1v) is 9.33. The van der Waals surface area contributed by atoms with E-state index < -0.39 is 0 Å². The number of hydrogen-bond donors (Lipinski definition) is 2. The molecule has 2 N–H and O–H groups in total. The van der Waals surface area contributed by atoms with Gasteiger partial charge in [0.25, 0.3) is 0 Å². The van der Waals surface area contributed by atoms with Crippen LogP contribution < -0.4 is 5.32 Å². The second-order valence-corrected chi connectivity index (χ2v) is 7.61. The quantitative estimate of drug-likeness (QED) is 0.897. The van der Waals surface area contributed by atoms with Gasteiger partial charge in [0.15, 0.2) is 0 Å². The normalized spacial score (nSPS) is 30.4. The Morgan fingerprint density at radius 1 is 1.24 bits per heavy atom. The van der Waals surface area contributed by atoms with Gasteiger partial charge in [0, 0.05) is 36.1 Å². The summed E-state index contributed by atoms with van der Waals surface area (Å²) in [5.74, 6) is 0. The Hall–Kier alpha value is -0.420. The Balaban J connectivity index is 1.46. The van der Waals surface area contributed by atoms with Crippen LogP contribution in [0.1, 0.15) is 56.4 Å². The molecule has 0 radical (unpaired) electrons. The smallest absolute Gasteiger partial charge is 0.0695 e. The Kier molecular flexibility index (Phi) is 5.33. The largest absolute Gasteiger partial charge is 0.391 e. The molecule has 0 spiro atoms. The van der Waals surface area contributed by atoms with Crippen LogP contribution in [0.5, 0.6) is 0 Å². The first kappa shape index (κ1) is 15.5. The van der Waals surface area contributed by atoms with Crippen LogP contribution in [-0.2, 0) is 0 Å². The highest BCUT2D eigenvalue weighted by Gasteiger charge is 2.31. The van der Waals surface area contributed by atoms with Crippen LogP contribution in [0.2, 0.25) is 0 Å². The van der Waals surface area contributed by atoms with E-state index >= 15 is 0 Å². The molecule has 0 bridgehead atoms. The third-order valence-corrected chi connectivity index (χ3v) is 6.20. The first-order chi connectivity index (χ1) is 10.2. The van der Waals surface area contributed by atoms with Gasteiger partial charge in [0.05, 0.1) is 6.10 Å². The van der Waals surface area contributed by atoms with Crippen molar-refractivity contribution in [3.63, 3.8) is 0 Å². The molecule has 2 fully saturated rings. The van der Waals surface area contributed by atoms with Crippen LogP contribution in [0.15, 0.2) is 17.5 Å². The van der Waals surface area contributed by atoms with E-state index in [2.05, 4.69) is 34.7 Å². The fraction of sp³-hybridized carbons (Fsp3) is 0.765. The van der Waals surface area contributed by atoms with Crippen LogP contribution >= 0.6 is 11.3 Å². The van der Waals surface area contributed by atoms with Crippen molar-refractivity contribution in [3.8, 4) is 0 Å². The van der Waals surface area contributed by atoms with Gasteiger partial charge in [-0.2, -0.15) is 0 Å². The molecular weight excluding hydrogens is 280 g/mol. The molecule has 4 heteroatoms. The summed E-state index contributed by atoms with van der Waals surface area (Å²) in [6.07, 6.45) is 7.00. The third-order valence-electron chi connectivity index (χ3n) is 5.15. The highest BCUT2D eigenvalue weighted by atomic mass is 32.1. The lowest BCUT2D eigenvalue weighted by atomic mass is 9.89. The van der Waals surface area contributed by atoms with Crippen molar-refractivity contribution in [2.75, 3.05) is 13.1 Å². The van der Waals surface area contributed by atoms with Gasteiger partial charge in [-0.3, -0.25) is 4.90 Å². The van der Waals surface area contributed by atoms with Crippen molar-refractivity contribution in [1.29, 1.82) is 0 Å². The molecule has 3 nitrogen and oxygen atoms in total. The molecule has 1 saturated carbocycles. The molecule has 0 aromatic carbocycles. The van der Waals surface area contributed by atoms with Crippen LogP contribution in [-0.4, -0.2) is 41.3 Å². The minimum absolute atomic E-state index is 0.0895. The maximum Gasteiger partial charge on any atom is 0.0695 e. The van der Waals surface area contributed by atoms with Gasteiger partial charge in [-0.25, -0.2) is 0 Å². The first-order valence-electron chi connectivity index (χ1n) is 8.45. The van der Waals surface area contributed by atoms with Crippen molar-refractivity contribution in [3.05, 3.63) is 22.4 Å². The van der Waals surface area contributed by atoms with Gasteiger partial charge in [-0.05, 0) is 44.1 Å². The number of likely N-dealkylation sites (tertiary alicyclic amines) is 1. The lowest BCUT2D eigenvalue weighted by Crippen LogP contribution is -2.51. The highest BCUT2D eigenvalue weighted by Crippen LogP contribution is 2.27. The summed E-state index contributed by atoms with van der Waals surface area (Å²) in [5, 5.41) is 16.1. The van der Waals surface area contributed by atoms with Crippen LogP contribution in [0.25, 0.3) is 0 Å². The van der Waals surface area contributed by atoms with E-state index in [9.17, 15) is 5.11 Å². The summed E-state index contributed by atoms with van der Waals surface area (Å²) in [6.45, 7) is 4.54. The maximum atomic E-state index is 10.2. The fourth-order valence-corrected chi connectivity index (χ4v) is 4.63. The predicted molar refractivity (Wildman–Crippen MR) is 88.7 cm³/mol. The number of thiophene rings is 1. The van der Waals surface area contributed by atoms with E-state index in [0.29, 0.717) is 18.1 Å². The van der Waals surface area contributed by atoms with Crippen LogP contribution in [0, 0.1) is 0 Å². The van der Waals surface area contributed by atoms with Gasteiger partial charge in [-0.15, -0.1) is 11.3 Å². The fourth-order valence-electron chi connectivity index (χ4n) is 3.89. The average Bonchev–Trinajstić information content (AvgIpc) is 3.03. The third kappa shape index (κ3) is 3.86. The lowest BCUT2D eigenvalue weighted by molar-refractivity contribution is 0.00673. The minimum atomic E-state index is -0.0895. The Morgan fingerprint density at radius 3 is 2.67 bits per heavy atom. The van der Waals surface area contributed by atoms with Gasteiger partial charge in [0.2, 0.25) is 0 Å². The average molecular weight is 308 g/mol. The monoisotopic (exact) mass is 308 g/mol. The zero-order valence-corrected chi connectivity index (χ0v) is 13.8. The van der Waals surface area contributed by atoms with E-state index in [-0.39, 0.29) is 6.10 Å². The zero-order chi connectivity index (χ0) is 14.7. The number of nitrogens with zero attached hydrogens (tertiary/aromatic N) is 1. The number of nitrogens with one attached hydrogen (secondary N) is 1. The summed E-state index contributed by atoms with van der Waals surface area (Å²) in [6, 6.07) is 5.86. The number of aliphatic hydroxyl groups excluding tert-OH is 1. The van der Waals surface area contributed by atoms with E-state index in [1.54, 1.807) is 0 Å². The molecule has 1 aliphatic carbocycles. The summed E-state index contributed by atoms with van der Waals surface area (Å²) < 4.78 is 0. The minimum Gasteiger partial charge on any atom is -0.391 e. The molecule has 21 heavy (non-hydrogen) atoms. The number of rotatable bonds is 4. The summed E-state index contributed by atoms with van der Waals surface area (Å²) >= 11 is 1.84. The van der Waals surface area contributed by atoms with Crippen molar-refractivity contribution >= 4 is 11.3 Å². The van der Waals surface area contributed by atoms with Crippen LogP contribution in [0.4, 0.5) is 0 Å². The molecule has 118 valence electrons. The molecule has 3 rings (SSSR count). The van der Waals surface area contributed by atoms with Gasteiger partial charge >= 0.3 is 0 Å². The van der Waals surface area contributed by atoms with Crippen molar-refractivity contribution in [1.82, 2.24) is 10.2 Å². The Labute approximate surface area is 132 Å². The van der Waals surface area contributed by atoms with E-state index in [4.69, 9.17) is 0 Å². The highest BCUT2D eigenvalue weighted by molar-refractivity contribution is 7.10. The zero-order valence-electron chi connectivity index (χ0n) is 13.0. The van der Waals surface area contributed by atoms with Gasteiger partial charge in [-0.1, -0.05) is 18.9 Å². The topological polar surface area (TPSA) is 35.5 Å². The molecule has 1 aliphatic heterocycles. The van der Waals surface area contributed by atoms with Crippen LogP contribution in [0.3, 0.4) is 0 Å². The molecule has 1 aromatic heterocycles. The number of hydrogen-bond acceptors (Lipinski definition) is 4. The molecule has 0 unspecified atom stereocenters. The molecule has 3 atom stereocenters. The Bertz CT molecular complexity index is 414. The SMILES string of the molecule is C[C@H](NC1CCN([C@H]2CCCC[C@@H]2O)CC1)c1cccs1. The maximum absolute atomic E-state index is 10.2. The van der Waals surface area contributed by atoms with Crippen molar-refractivity contribution in [2.24, 2.45) is 0 Å². The molecule has 2 aliphatic rings. The van der Waals surface area contributed by atoms with E-state index in [0.717, 1.165) is 19.5 Å². The molecule has 1 saturated heterocycles. The van der Waals surface area contributed by atoms with Crippen molar-refractivity contribution < 1.29 is 5.11 Å². The lowest BCUT2D eigenvalue weighted by Gasteiger charge is -2.42. The summed E-state index contributed by atoms with van der Waals surface area (Å²) in [5.41, 5.74) is 0. The molecule has 0 amide bonds. The number of piperidine rings is 1. The Morgan fingerprint density at radius 2 is 2.00 bits per heavy atom. The van der Waals surface area contributed by atoms with Gasteiger partial charge < -0.3 is 10.4 Å². The molecular formula is C17H28N2OS. The second kappa shape index (κ2) is 7.23. The number of aliphatic hydroxyl groups is 1. The summed E-state index contributed by atoms with van der Waals surface area (Å²) in [7, 11) is 0. The van der Waals surface area contributed by atoms with Gasteiger partial charge in [0.1, 0.15) is 0 Å². The summed E-state index contributed by atoms with van der Waals surface area (Å²) in [4.78, 5) is 3.97. The second-order valence-electron chi connectivity index (χ2n) is 6.63. The predicted octanol–water partition coefficient (Wildman–Crippen LogP) is 3.17. The van der Waals surface area contributed by atoms with E-state index in [1.807, 2.05) is 11.3 Å². The standard InChI is InChI=1S/C17H28N2OS/c1-13(17-7-4-12-21-17)18-14-8-10-19(11-9-14)15-5-2-3-6-16(15)20/h4,7,12-16,18,20H,2-3,5-6,8-11H2,1H3/t13-,15-,16-/m0/s1. The molecule has 2 heterocycles. The van der Waals surface area contributed by atoms with E-state index in [1.165, 1.54) is 37.0 Å². The van der Waals surface area contributed by atoms with Crippen molar-refractivity contribution in [2.45, 2.75) is 69.7 Å². The molecule has 1 aromatic rings.